The predicted octanol–water partition coefficient (Wildman–Crippen LogP) is 4.75. The van der Waals surface area contributed by atoms with Gasteiger partial charge in [0.15, 0.2) is 0 Å². The van der Waals surface area contributed by atoms with Crippen LogP contribution in [0.25, 0.3) is 0 Å². The fourth-order valence-electron chi connectivity index (χ4n) is 3.54. The van der Waals surface area contributed by atoms with E-state index in [0.29, 0.717) is 37.2 Å². The third-order valence-corrected chi connectivity index (χ3v) is 5.44. The second-order valence-electron chi connectivity index (χ2n) is 7.95. The SMILES string of the molecule is CC(C)NC(=O)c1ccccc1NC(=O)C1CCN(c2ncc(C(F)(F)F)cc2Cl)CC1. The van der Waals surface area contributed by atoms with Crippen molar-refractivity contribution in [3.63, 3.8) is 0 Å². The number of rotatable bonds is 5. The number of nitrogens with one attached hydrogen (secondary N) is 2. The molecule has 1 aliphatic rings. The van der Waals surface area contributed by atoms with Crippen LogP contribution in [0.1, 0.15) is 42.6 Å². The number of nitrogens with zero attached hydrogens (tertiary/aromatic N) is 2. The van der Waals surface area contributed by atoms with Gasteiger partial charge in [0.2, 0.25) is 5.91 Å². The molecule has 1 aliphatic heterocycles. The van der Waals surface area contributed by atoms with Crippen LogP contribution >= 0.6 is 11.6 Å². The van der Waals surface area contributed by atoms with E-state index in [-0.39, 0.29) is 34.6 Å². The number of hydrogen-bond acceptors (Lipinski definition) is 4. The summed E-state index contributed by atoms with van der Waals surface area (Å²) in [5, 5.41) is 5.57. The van der Waals surface area contributed by atoms with Gasteiger partial charge in [0.05, 0.1) is 21.8 Å². The van der Waals surface area contributed by atoms with Crippen molar-refractivity contribution in [2.24, 2.45) is 5.92 Å². The first-order chi connectivity index (χ1) is 15.1. The molecule has 1 aromatic heterocycles. The smallest absolute Gasteiger partial charge is 0.355 e. The summed E-state index contributed by atoms with van der Waals surface area (Å²) in [6, 6.07) is 7.61. The van der Waals surface area contributed by atoms with Crippen LogP contribution in [-0.2, 0) is 11.0 Å². The maximum atomic E-state index is 12.8. The van der Waals surface area contributed by atoms with Crippen molar-refractivity contribution >= 4 is 34.9 Å². The Morgan fingerprint density at radius 1 is 1.19 bits per heavy atom. The monoisotopic (exact) mass is 468 g/mol. The molecule has 2 heterocycles. The van der Waals surface area contributed by atoms with Gasteiger partial charge < -0.3 is 15.5 Å². The number of amides is 2. The molecular formula is C22H24ClF3N4O2. The van der Waals surface area contributed by atoms with Gasteiger partial charge in [0.1, 0.15) is 5.82 Å². The summed E-state index contributed by atoms with van der Waals surface area (Å²) >= 11 is 6.04. The molecule has 0 radical (unpaired) electrons. The number of hydrogen-bond donors (Lipinski definition) is 2. The molecule has 1 saturated heterocycles. The standard InChI is InChI=1S/C22H24ClF3N4O2/c1-13(2)28-21(32)16-5-3-4-6-18(16)29-20(31)14-7-9-30(10-8-14)19-17(23)11-15(12-27-19)22(24,25)26/h3-6,11-14H,7-10H2,1-2H3,(H,28,32)(H,29,31). The Kier molecular flexibility index (Phi) is 7.28. The van der Waals surface area contributed by atoms with Crippen LogP contribution in [-0.4, -0.2) is 35.9 Å². The number of halogens is 4. The molecule has 0 saturated carbocycles. The van der Waals surface area contributed by atoms with Crippen molar-refractivity contribution in [3.05, 3.63) is 52.7 Å². The zero-order valence-electron chi connectivity index (χ0n) is 17.7. The molecule has 0 bridgehead atoms. The maximum Gasteiger partial charge on any atom is 0.417 e. The molecule has 10 heteroatoms. The van der Waals surface area contributed by atoms with E-state index >= 15 is 0 Å². The van der Waals surface area contributed by atoms with E-state index in [4.69, 9.17) is 11.6 Å². The highest BCUT2D eigenvalue weighted by molar-refractivity contribution is 6.33. The predicted molar refractivity (Wildman–Crippen MR) is 117 cm³/mol. The van der Waals surface area contributed by atoms with Crippen molar-refractivity contribution in [2.75, 3.05) is 23.3 Å². The summed E-state index contributed by atoms with van der Waals surface area (Å²) in [7, 11) is 0. The molecule has 0 atom stereocenters. The van der Waals surface area contributed by atoms with E-state index in [0.717, 1.165) is 12.3 Å². The van der Waals surface area contributed by atoms with E-state index in [1.54, 1.807) is 29.2 Å². The fourth-order valence-corrected chi connectivity index (χ4v) is 3.82. The van der Waals surface area contributed by atoms with Crippen LogP contribution in [0.2, 0.25) is 5.02 Å². The third kappa shape index (κ3) is 5.70. The van der Waals surface area contributed by atoms with Gasteiger partial charge in [0, 0.05) is 31.2 Å². The lowest BCUT2D eigenvalue weighted by Gasteiger charge is -2.32. The molecule has 172 valence electrons. The lowest BCUT2D eigenvalue weighted by atomic mass is 9.95. The van der Waals surface area contributed by atoms with Gasteiger partial charge in [-0.25, -0.2) is 4.98 Å². The second kappa shape index (κ2) is 9.77. The summed E-state index contributed by atoms with van der Waals surface area (Å²) in [6.45, 7) is 4.55. The van der Waals surface area contributed by atoms with E-state index in [1.807, 2.05) is 13.8 Å². The number of para-hydroxylation sites is 1. The van der Waals surface area contributed by atoms with Crippen molar-refractivity contribution in [3.8, 4) is 0 Å². The Labute approximate surface area is 189 Å². The number of alkyl halides is 3. The molecule has 0 unspecified atom stereocenters. The number of pyridine rings is 1. The summed E-state index contributed by atoms with van der Waals surface area (Å²) in [5.74, 6) is -0.510. The van der Waals surface area contributed by atoms with Crippen LogP contribution in [0.15, 0.2) is 36.5 Å². The van der Waals surface area contributed by atoms with Crippen LogP contribution in [0, 0.1) is 5.92 Å². The number of benzene rings is 1. The molecule has 32 heavy (non-hydrogen) atoms. The highest BCUT2D eigenvalue weighted by atomic mass is 35.5. The Morgan fingerprint density at radius 2 is 1.84 bits per heavy atom. The lowest BCUT2D eigenvalue weighted by molar-refractivity contribution is -0.137. The highest BCUT2D eigenvalue weighted by Crippen LogP contribution is 2.34. The average molecular weight is 469 g/mol. The van der Waals surface area contributed by atoms with Gasteiger partial charge in [-0.2, -0.15) is 13.2 Å². The Hall–Kier alpha value is -2.81. The van der Waals surface area contributed by atoms with Crippen molar-refractivity contribution in [1.82, 2.24) is 10.3 Å². The first kappa shape index (κ1) is 23.8. The van der Waals surface area contributed by atoms with Crippen LogP contribution < -0.4 is 15.5 Å². The number of anilines is 2. The fraction of sp³-hybridized carbons (Fsp3) is 0.409. The molecule has 0 spiro atoms. The van der Waals surface area contributed by atoms with E-state index in [1.165, 1.54) is 0 Å². The van der Waals surface area contributed by atoms with Gasteiger partial charge in [0.25, 0.3) is 5.91 Å². The quantitative estimate of drug-likeness (QED) is 0.664. The summed E-state index contributed by atoms with van der Waals surface area (Å²) in [4.78, 5) is 30.9. The average Bonchev–Trinajstić information content (AvgIpc) is 2.73. The molecule has 1 aromatic carbocycles. The topological polar surface area (TPSA) is 74.3 Å². The van der Waals surface area contributed by atoms with Crippen LogP contribution in [0.4, 0.5) is 24.7 Å². The molecular weight excluding hydrogens is 445 g/mol. The Bertz CT molecular complexity index is 989. The van der Waals surface area contributed by atoms with Gasteiger partial charge >= 0.3 is 6.18 Å². The van der Waals surface area contributed by atoms with Gasteiger partial charge in [-0.1, -0.05) is 23.7 Å². The van der Waals surface area contributed by atoms with Crippen LogP contribution in [0.5, 0.6) is 0 Å². The van der Waals surface area contributed by atoms with Gasteiger partial charge in [-0.05, 0) is 44.9 Å². The molecule has 6 nitrogen and oxygen atoms in total. The molecule has 2 N–H and O–H groups in total. The lowest BCUT2D eigenvalue weighted by Crippen LogP contribution is -2.39. The summed E-state index contributed by atoms with van der Waals surface area (Å²) < 4.78 is 38.5. The highest BCUT2D eigenvalue weighted by Gasteiger charge is 2.33. The molecule has 2 aromatic rings. The Balaban J connectivity index is 1.63. The molecule has 3 rings (SSSR count). The van der Waals surface area contributed by atoms with Gasteiger partial charge in [-0.3, -0.25) is 9.59 Å². The van der Waals surface area contributed by atoms with E-state index < -0.39 is 11.7 Å². The molecule has 1 fully saturated rings. The van der Waals surface area contributed by atoms with Gasteiger partial charge in [-0.15, -0.1) is 0 Å². The number of aromatic nitrogens is 1. The zero-order valence-corrected chi connectivity index (χ0v) is 18.4. The van der Waals surface area contributed by atoms with Crippen LogP contribution in [0.3, 0.4) is 0 Å². The maximum absolute atomic E-state index is 12.8. The molecule has 2 amide bonds. The van der Waals surface area contributed by atoms with Crippen molar-refractivity contribution in [1.29, 1.82) is 0 Å². The minimum absolute atomic E-state index is 0.0405. The molecule has 0 aliphatic carbocycles. The van der Waals surface area contributed by atoms with E-state index in [9.17, 15) is 22.8 Å². The van der Waals surface area contributed by atoms with Crippen molar-refractivity contribution < 1.29 is 22.8 Å². The minimum Gasteiger partial charge on any atom is -0.355 e. The van der Waals surface area contributed by atoms with E-state index in [2.05, 4.69) is 15.6 Å². The first-order valence-electron chi connectivity index (χ1n) is 10.2. The number of piperidine rings is 1. The Morgan fingerprint density at radius 3 is 2.44 bits per heavy atom. The summed E-state index contributed by atoms with van der Waals surface area (Å²) in [5.41, 5.74) is -0.0843. The number of carbonyl (C=O) groups is 2. The zero-order chi connectivity index (χ0) is 23.5. The second-order valence-corrected chi connectivity index (χ2v) is 8.36. The summed E-state index contributed by atoms with van der Waals surface area (Å²) in [6.07, 6.45) is -2.79. The minimum atomic E-state index is -4.51. The largest absolute Gasteiger partial charge is 0.417 e. The third-order valence-electron chi connectivity index (χ3n) is 5.16. The number of carbonyl (C=O) groups excluding carboxylic acids is 2. The first-order valence-corrected chi connectivity index (χ1v) is 10.6. The normalized spacial score (nSPS) is 15.0. The van der Waals surface area contributed by atoms with Crippen molar-refractivity contribution in [2.45, 2.75) is 38.9 Å².